The lowest BCUT2D eigenvalue weighted by Crippen LogP contribution is -2.38. The third-order valence-corrected chi connectivity index (χ3v) is 1.44. The van der Waals surface area contributed by atoms with Gasteiger partial charge in [0.05, 0.1) is 13.1 Å². The summed E-state index contributed by atoms with van der Waals surface area (Å²) >= 11 is 1.16. The molecule has 7 heteroatoms. The summed E-state index contributed by atoms with van der Waals surface area (Å²) in [5.74, 6) is -0.685. The van der Waals surface area contributed by atoms with Crippen molar-refractivity contribution in [2.24, 2.45) is 0 Å². The first-order valence-corrected chi connectivity index (χ1v) is 4.68. The zero-order valence-electron chi connectivity index (χ0n) is 7.12. The first-order chi connectivity index (χ1) is 6.20. The molecule has 0 aliphatic carbocycles. The summed E-state index contributed by atoms with van der Waals surface area (Å²) < 4.78 is 2.43. The second-order valence-corrected chi connectivity index (χ2v) is 2.62. The highest BCUT2D eigenvalue weighted by Gasteiger charge is 2.02. The first kappa shape index (κ1) is 11.8. The van der Waals surface area contributed by atoms with E-state index in [-0.39, 0.29) is 19.0 Å². The summed E-state index contributed by atoms with van der Waals surface area (Å²) in [6.07, 6.45) is 2.12. The van der Waals surface area contributed by atoms with Gasteiger partial charge in [0.2, 0.25) is 18.2 Å². The average Bonchev–Trinajstić information content (AvgIpc) is 2.12. The van der Waals surface area contributed by atoms with Crippen molar-refractivity contribution in [3.8, 4) is 0 Å². The van der Waals surface area contributed by atoms with Crippen LogP contribution in [-0.2, 0) is 14.4 Å². The third-order valence-electron chi connectivity index (χ3n) is 1.01. The summed E-state index contributed by atoms with van der Waals surface area (Å²) in [4.78, 5) is 31.4. The molecule has 0 aromatic rings. The van der Waals surface area contributed by atoms with E-state index in [4.69, 9.17) is 0 Å². The van der Waals surface area contributed by atoms with Gasteiger partial charge in [-0.1, -0.05) is 11.9 Å². The van der Waals surface area contributed by atoms with Crippen LogP contribution in [0.15, 0.2) is 0 Å². The Hall–Kier alpha value is -1.24. The van der Waals surface area contributed by atoms with Crippen LogP contribution >= 0.6 is 11.9 Å². The Morgan fingerprint density at radius 2 is 2.00 bits per heavy atom. The zero-order valence-corrected chi connectivity index (χ0v) is 7.94. The maximum Gasteiger partial charge on any atom is 0.249 e. The molecule has 74 valence electrons. The van der Waals surface area contributed by atoms with Gasteiger partial charge in [0.25, 0.3) is 0 Å². The monoisotopic (exact) mass is 205 g/mol. The van der Waals surface area contributed by atoms with Crippen LogP contribution in [0.1, 0.15) is 0 Å². The number of hydrogen-bond acceptors (Lipinski definition) is 4. The Morgan fingerprint density at radius 3 is 2.54 bits per heavy atom. The normalized spacial score (nSPS) is 8.69. The second-order valence-electron chi connectivity index (χ2n) is 2.00. The molecule has 13 heavy (non-hydrogen) atoms. The summed E-state index contributed by atoms with van der Waals surface area (Å²) in [5.41, 5.74) is 0. The number of hydrogen-bond donors (Lipinski definition) is 3. The van der Waals surface area contributed by atoms with Gasteiger partial charge < -0.3 is 10.6 Å². The molecule has 0 radical (unpaired) electrons. The number of amides is 3. The van der Waals surface area contributed by atoms with Crippen molar-refractivity contribution in [3.63, 3.8) is 0 Å². The van der Waals surface area contributed by atoms with E-state index in [1.807, 2.05) is 0 Å². The number of carbonyl (C=O) groups is 3. The van der Waals surface area contributed by atoms with E-state index in [2.05, 4.69) is 15.4 Å². The summed E-state index contributed by atoms with van der Waals surface area (Å²) in [6.45, 7) is -0.198. The Bertz CT molecular complexity index is 198. The Morgan fingerprint density at radius 1 is 1.31 bits per heavy atom. The molecule has 0 aliphatic rings. The van der Waals surface area contributed by atoms with Crippen LogP contribution < -0.4 is 15.4 Å². The highest BCUT2D eigenvalue weighted by molar-refractivity contribution is 7.97. The summed E-state index contributed by atoms with van der Waals surface area (Å²) in [7, 11) is 0. The molecule has 0 saturated heterocycles. The largest absolute Gasteiger partial charge is 0.350 e. The molecule has 3 amide bonds. The van der Waals surface area contributed by atoms with Gasteiger partial charge >= 0.3 is 0 Å². The average molecular weight is 205 g/mol. The van der Waals surface area contributed by atoms with Crippen LogP contribution in [0.2, 0.25) is 0 Å². The smallest absolute Gasteiger partial charge is 0.249 e. The van der Waals surface area contributed by atoms with Crippen molar-refractivity contribution in [1.82, 2.24) is 15.4 Å². The minimum absolute atomic E-state index is 0.0831. The third kappa shape index (κ3) is 7.13. The lowest BCUT2D eigenvalue weighted by Gasteiger charge is -2.03. The van der Waals surface area contributed by atoms with E-state index in [1.54, 1.807) is 6.26 Å². The fourth-order valence-corrected chi connectivity index (χ4v) is 0.825. The Labute approximate surface area is 80.0 Å². The van der Waals surface area contributed by atoms with E-state index in [0.29, 0.717) is 6.41 Å². The number of nitrogens with one attached hydrogen (secondary N) is 3. The zero-order chi connectivity index (χ0) is 10.1. The molecule has 0 spiro atoms. The first-order valence-electron chi connectivity index (χ1n) is 3.46. The van der Waals surface area contributed by atoms with E-state index in [9.17, 15) is 14.4 Å². The fourth-order valence-electron chi connectivity index (χ4n) is 0.526. The highest BCUT2D eigenvalue weighted by Crippen LogP contribution is 1.79. The SMILES string of the molecule is CSNC(=O)CNC(=O)CNC=O. The van der Waals surface area contributed by atoms with E-state index in [0.717, 1.165) is 11.9 Å². The molecular weight excluding hydrogens is 194 g/mol. The van der Waals surface area contributed by atoms with Gasteiger partial charge in [-0.2, -0.15) is 0 Å². The highest BCUT2D eigenvalue weighted by atomic mass is 32.2. The molecule has 6 nitrogen and oxygen atoms in total. The van der Waals surface area contributed by atoms with Crippen molar-refractivity contribution in [3.05, 3.63) is 0 Å². The van der Waals surface area contributed by atoms with Crippen molar-refractivity contribution < 1.29 is 14.4 Å². The van der Waals surface area contributed by atoms with E-state index >= 15 is 0 Å². The maximum absolute atomic E-state index is 10.8. The van der Waals surface area contributed by atoms with Crippen molar-refractivity contribution in [2.75, 3.05) is 19.3 Å². The molecule has 0 aromatic carbocycles. The Balaban J connectivity index is 3.45. The molecule has 0 heterocycles. The van der Waals surface area contributed by atoms with Crippen LogP contribution in [0.25, 0.3) is 0 Å². The predicted molar refractivity (Wildman–Crippen MR) is 48.7 cm³/mol. The van der Waals surface area contributed by atoms with Gasteiger partial charge in [0.1, 0.15) is 0 Å². The van der Waals surface area contributed by atoms with Gasteiger partial charge in [0, 0.05) is 6.26 Å². The molecule has 0 bridgehead atoms. The maximum atomic E-state index is 10.8. The standard InChI is InChI=1S/C6H11N3O3S/c1-13-9-6(12)3-8-5(11)2-7-4-10/h4H,2-3H2,1H3,(H,7,10)(H,8,11)(H,9,12). The molecule has 0 aromatic heterocycles. The van der Waals surface area contributed by atoms with E-state index < -0.39 is 5.91 Å². The minimum Gasteiger partial charge on any atom is -0.350 e. The molecule has 0 atom stereocenters. The summed E-state index contributed by atoms with van der Waals surface area (Å²) in [5, 5.41) is 4.49. The van der Waals surface area contributed by atoms with Gasteiger partial charge in [-0.15, -0.1) is 0 Å². The quantitative estimate of drug-likeness (QED) is 0.354. The van der Waals surface area contributed by atoms with Gasteiger partial charge in [0.15, 0.2) is 0 Å². The minimum atomic E-state index is -0.400. The van der Waals surface area contributed by atoms with Gasteiger partial charge in [-0.05, 0) is 0 Å². The van der Waals surface area contributed by atoms with Crippen molar-refractivity contribution in [2.45, 2.75) is 0 Å². The van der Waals surface area contributed by atoms with Crippen LogP contribution in [-0.4, -0.2) is 37.6 Å². The molecule has 0 rings (SSSR count). The molecule has 0 unspecified atom stereocenters. The lowest BCUT2D eigenvalue weighted by molar-refractivity contribution is -0.125. The van der Waals surface area contributed by atoms with Crippen LogP contribution in [0, 0.1) is 0 Å². The number of carbonyl (C=O) groups excluding carboxylic acids is 3. The Kier molecular flexibility index (Phi) is 6.70. The molecule has 0 saturated carbocycles. The van der Waals surface area contributed by atoms with Gasteiger partial charge in [-0.3, -0.25) is 19.1 Å². The van der Waals surface area contributed by atoms with E-state index in [1.165, 1.54) is 0 Å². The second kappa shape index (κ2) is 7.41. The molecule has 0 fully saturated rings. The van der Waals surface area contributed by atoms with Crippen molar-refractivity contribution >= 4 is 30.2 Å². The van der Waals surface area contributed by atoms with Crippen LogP contribution in [0.3, 0.4) is 0 Å². The molecular formula is C6H11N3O3S. The lowest BCUT2D eigenvalue weighted by atomic mass is 10.5. The van der Waals surface area contributed by atoms with Crippen LogP contribution in [0.5, 0.6) is 0 Å². The predicted octanol–water partition coefficient (Wildman–Crippen LogP) is -1.76. The summed E-state index contributed by atoms with van der Waals surface area (Å²) in [6, 6.07) is 0. The molecule has 3 N–H and O–H groups in total. The van der Waals surface area contributed by atoms with Crippen LogP contribution in [0.4, 0.5) is 0 Å². The van der Waals surface area contributed by atoms with Crippen molar-refractivity contribution in [1.29, 1.82) is 0 Å². The topological polar surface area (TPSA) is 87.3 Å². The van der Waals surface area contributed by atoms with Gasteiger partial charge in [-0.25, -0.2) is 0 Å². The molecule has 0 aliphatic heterocycles. The number of rotatable bonds is 6. The fraction of sp³-hybridized carbons (Fsp3) is 0.500.